The molecule has 0 unspecified atom stereocenters. The third-order valence-electron chi connectivity index (χ3n) is 4.61. The molecule has 4 heteroatoms. The number of hydrogen-bond donors (Lipinski definition) is 1. The molecular formula is C15H24N2O2. The van der Waals surface area contributed by atoms with Crippen molar-refractivity contribution in [1.29, 1.82) is 0 Å². The minimum absolute atomic E-state index is 0.0699. The van der Waals surface area contributed by atoms with Gasteiger partial charge in [0.05, 0.1) is 18.5 Å². The van der Waals surface area contributed by atoms with Crippen LogP contribution >= 0.6 is 0 Å². The Bertz CT molecular complexity index is 418. The first-order valence-electron chi connectivity index (χ1n) is 7.56. The summed E-state index contributed by atoms with van der Waals surface area (Å²) >= 11 is 0. The molecule has 4 nitrogen and oxygen atoms in total. The zero-order valence-corrected chi connectivity index (χ0v) is 11.7. The number of ether oxygens (including phenoxy) is 1. The molecule has 1 N–H and O–H groups in total. The first kappa shape index (κ1) is 13.0. The summed E-state index contributed by atoms with van der Waals surface area (Å²) in [6.45, 7) is 0. The molecule has 19 heavy (non-hydrogen) atoms. The highest BCUT2D eigenvalue weighted by Gasteiger charge is 2.37. The van der Waals surface area contributed by atoms with Gasteiger partial charge in [0.2, 0.25) is 0 Å². The summed E-state index contributed by atoms with van der Waals surface area (Å²) in [6, 6.07) is 0. The monoisotopic (exact) mass is 264 g/mol. The summed E-state index contributed by atoms with van der Waals surface area (Å²) < 4.78 is 7.67. The summed E-state index contributed by atoms with van der Waals surface area (Å²) in [4.78, 5) is 0. The van der Waals surface area contributed by atoms with Crippen LogP contribution in [0, 0.1) is 11.8 Å². The molecule has 0 bridgehead atoms. The second-order valence-electron chi connectivity index (χ2n) is 6.19. The maximum Gasteiger partial charge on any atom is 0.157 e. The lowest BCUT2D eigenvalue weighted by Crippen LogP contribution is -2.32. The van der Waals surface area contributed by atoms with Crippen molar-refractivity contribution in [3.05, 3.63) is 12.4 Å². The lowest BCUT2D eigenvalue weighted by atomic mass is 9.97. The zero-order valence-electron chi connectivity index (χ0n) is 11.7. The van der Waals surface area contributed by atoms with E-state index in [0.29, 0.717) is 0 Å². The van der Waals surface area contributed by atoms with Gasteiger partial charge in [-0.3, -0.25) is 4.68 Å². The van der Waals surface area contributed by atoms with Crippen LogP contribution in [0.3, 0.4) is 0 Å². The van der Waals surface area contributed by atoms with Gasteiger partial charge in [-0.05, 0) is 37.5 Å². The normalized spacial score (nSPS) is 35.5. The maximum absolute atomic E-state index is 10.3. The van der Waals surface area contributed by atoms with E-state index in [-0.39, 0.29) is 12.2 Å². The Kier molecular flexibility index (Phi) is 3.78. The Morgan fingerprint density at radius 2 is 1.95 bits per heavy atom. The molecule has 1 aromatic heterocycles. The van der Waals surface area contributed by atoms with Crippen LogP contribution in [0.25, 0.3) is 0 Å². The third-order valence-corrected chi connectivity index (χ3v) is 4.61. The molecule has 0 saturated heterocycles. The fourth-order valence-electron chi connectivity index (χ4n) is 3.34. The number of aryl methyl sites for hydroxylation is 1. The van der Waals surface area contributed by atoms with E-state index in [1.165, 1.54) is 25.7 Å². The second kappa shape index (κ2) is 5.53. The van der Waals surface area contributed by atoms with Crippen LogP contribution in [0.15, 0.2) is 12.4 Å². The van der Waals surface area contributed by atoms with Crippen molar-refractivity contribution in [2.75, 3.05) is 0 Å². The van der Waals surface area contributed by atoms with Crippen molar-refractivity contribution in [2.24, 2.45) is 18.9 Å². The van der Waals surface area contributed by atoms with E-state index in [2.05, 4.69) is 5.10 Å². The summed E-state index contributed by atoms with van der Waals surface area (Å²) in [6.07, 6.45) is 11.3. The standard InChI is InChI=1S/C15H24N2O2/c1-17-10-13(9-16-17)19-15-7-3-5-12-8-11(12)4-2-6-14(15)18/h9-12,14-15,18H,2-8H2,1H3/t11-,12+,14-,15-/m1/s1. The lowest BCUT2D eigenvalue weighted by Gasteiger charge is -2.24. The third kappa shape index (κ3) is 3.30. The Morgan fingerprint density at radius 3 is 2.63 bits per heavy atom. The van der Waals surface area contributed by atoms with E-state index >= 15 is 0 Å². The van der Waals surface area contributed by atoms with Crippen molar-refractivity contribution < 1.29 is 9.84 Å². The van der Waals surface area contributed by atoms with Gasteiger partial charge in [0, 0.05) is 7.05 Å². The number of aromatic nitrogens is 2. The van der Waals surface area contributed by atoms with Gasteiger partial charge in [0.25, 0.3) is 0 Å². The van der Waals surface area contributed by atoms with Gasteiger partial charge in [0.1, 0.15) is 6.10 Å². The minimum Gasteiger partial charge on any atom is -0.484 e. The summed E-state index contributed by atoms with van der Waals surface area (Å²) in [5.41, 5.74) is 0. The Hall–Kier alpha value is -1.03. The van der Waals surface area contributed by atoms with Crippen LogP contribution in [-0.4, -0.2) is 27.1 Å². The molecule has 2 aliphatic rings. The fourth-order valence-corrected chi connectivity index (χ4v) is 3.34. The van der Waals surface area contributed by atoms with Crippen molar-refractivity contribution in [3.63, 3.8) is 0 Å². The highest BCUT2D eigenvalue weighted by molar-refractivity contribution is 5.12. The van der Waals surface area contributed by atoms with Crippen LogP contribution in [-0.2, 0) is 7.05 Å². The topological polar surface area (TPSA) is 47.3 Å². The predicted octanol–water partition coefficient (Wildman–Crippen LogP) is 2.52. The molecule has 0 spiro atoms. The van der Waals surface area contributed by atoms with Crippen molar-refractivity contribution in [2.45, 2.75) is 57.2 Å². The van der Waals surface area contributed by atoms with E-state index in [9.17, 15) is 5.11 Å². The summed E-state index contributed by atoms with van der Waals surface area (Å²) in [5.74, 6) is 2.70. The van der Waals surface area contributed by atoms with Gasteiger partial charge in [-0.15, -0.1) is 0 Å². The number of rotatable bonds is 2. The van der Waals surface area contributed by atoms with E-state index in [1.54, 1.807) is 10.9 Å². The Balaban J connectivity index is 1.59. The van der Waals surface area contributed by atoms with Gasteiger partial charge >= 0.3 is 0 Å². The average molecular weight is 264 g/mol. The SMILES string of the molecule is Cn1cc(O[C@@H]2CCC[C@H]3C[C@H]3CCC[C@H]2O)cn1. The number of aliphatic hydroxyl groups excluding tert-OH is 1. The van der Waals surface area contributed by atoms with E-state index in [4.69, 9.17) is 4.74 Å². The Morgan fingerprint density at radius 1 is 1.21 bits per heavy atom. The van der Waals surface area contributed by atoms with Crippen molar-refractivity contribution in [3.8, 4) is 5.75 Å². The number of nitrogens with zero attached hydrogens (tertiary/aromatic N) is 2. The highest BCUT2D eigenvalue weighted by Crippen LogP contribution is 2.46. The quantitative estimate of drug-likeness (QED) is 0.893. The molecule has 3 rings (SSSR count). The van der Waals surface area contributed by atoms with E-state index in [0.717, 1.165) is 36.8 Å². The van der Waals surface area contributed by atoms with Gasteiger partial charge < -0.3 is 9.84 Å². The van der Waals surface area contributed by atoms with Crippen molar-refractivity contribution >= 4 is 0 Å². The van der Waals surface area contributed by atoms with Crippen LogP contribution < -0.4 is 4.74 Å². The zero-order chi connectivity index (χ0) is 13.2. The molecular weight excluding hydrogens is 240 g/mol. The van der Waals surface area contributed by atoms with Gasteiger partial charge in [-0.1, -0.05) is 19.3 Å². The highest BCUT2D eigenvalue weighted by atomic mass is 16.5. The van der Waals surface area contributed by atoms with Crippen LogP contribution in [0.5, 0.6) is 5.75 Å². The molecule has 0 aromatic carbocycles. The van der Waals surface area contributed by atoms with Gasteiger partial charge in [-0.2, -0.15) is 5.10 Å². The molecule has 1 heterocycles. The smallest absolute Gasteiger partial charge is 0.157 e. The maximum atomic E-state index is 10.3. The number of aliphatic hydroxyl groups is 1. The predicted molar refractivity (Wildman–Crippen MR) is 72.9 cm³/mol. The van der Waals surface area contributed by atoms with Gasteiger partial charge in [-0.25, -0.2) is 0 Å². The fraction of sp³-hybridized carbons (Fsp3) is 0.800. The first-order valence-corrected chi connectivity index (χ1v) is 7.56. The first-order chi connectivity index (χ1) is 9.22. The molecule has 106 valence electrons. The average Bonchev–Trinajstić information content (AvgIpc) is 3.00. The lowest BCUT2D eigenvalue weighted by molar-refractivity contribution is 0.0216. The van der Waals surface area contributed by atoms with Crippen LogP contribution in [0.2, 0.25) is 0 Å². The molecule has 4 atom stereocenters. The minimum atomic E-state index is -0.337. The number of fused-ring (bicyclic) bond motifs is 1. The number of hydrogen-bond acceptors (Lipinski definition) is 3. The molecule has 2 fully saturated rings. The summed E-state index contributed by atoms with van der Waals surface area (Å²) in [5, 5.41) is 14.4. The molecule has 1 aromatic rings. The Labute approximate surface area is 114 Å². The van der Waals surface area contributed by atoms with Crippen LogP contribution in [0.1, 0.15) is 44.9 Å². The molecule has 2 aliphatic carbocycles. The van der Waals surface area contributed by atoms with Gasteiger partial charge in [0.15, 0.2) is 5.75 Å². The second-order valence-corrected chi connectivity index (χ2v) is 6.19. The molecule has 0 aliphatic heterocycles. The summed E-state index contributed by atoms with van der Waals surface area (Å²) in [7, 11) is 1.88. The van der Waals surface area contributed by atoms with Crippen molar-refractivity contribution in [1.82, 2.24) is 9.78 Å². The van der Waals surface area contributed by atoms with E-state index < -0.39 is 0 Å². The molecule has 0 amide bonds. The van der Waals surface area contributed by atoms with Crippen LogP contribution in [0.4, 0.5) is 0 Å². The molecule has 2 saturated carbocycles. The largest absolute Gasteiger partial charge is 0.484 e. The van der Waals surface area contributed by atoms with E-state index in [1.807, 2.05) is 13.2 Å². The molecule has 0 radical (unpaired) electrons.